The molecule has 0 bridgehead atoms. The van der Waals surface area contributed by atoms with Crippen molar-refractivity contribution in [1.82, 2.24) is 20.1 Å². The lowest BCUT2D eigenvalue weighted by Gasteiger charge is -2.37. The van der Waals surface area contributed by atoms with Crippen LogP contribution in [0.1, 0.15) is 30.9 Å². The summed E-state index contributed by atoms with van der Waals surface area (Å²) >= 11 is 0. The third-order valence-electron chi connectivity index (χ3n) is 5.83. The summed E-state index contributed by atoms with van der Waals surface area (Å²) in [6.45, 7) is 8.84. The molecule has 2 saturated heterocycles. The first kappa shape index (κ1) is 21.2. The van der Waals surface area contributed by atoms with Crippen molar-refractivity contribution in [2.24, 2.45) is 4.99 Å². The summed E-state index contributed by atoms with van der Waals surface area (Å²) in [6.07, 6.45) is 3.51. The summed E-state index contributed by atoms with van der Waals surface area (Å²) in [5, 5.41) is 3.45. The molecule has 7 heteroatoms. The van der Waals surface area contributed by atoms with Crippen molar-refractivity contribution in [2.45, 2.75) is 32.9 Å². The highest BCUT2D eigenvalue weighted by atomic mass is 16.2. The van der Waals surface area contributed by atoms with Crippen LogP contribution in [-0.2, 0) is 17.9 Å². The van der Waals surface area contributed by atoms with Crippen molar-refractivity contribution in [3.05, 3.63) is 59.8 Å². The molecule has 31 heavy (non-hydrogen) atoms. The first-order chi connectivity index (χ1) is 15.2. The molecule has 2 aliphatic heterocycles. The number of carbonyl (C=O) groups excluding carboxylic acids is 1. The van der Waals surface area contributed by atoms with Gasteiger partial charge in [0.1, 0.15) is 5.82 Å². The van der Waals surface area contributed by atoms with Crippen molar-refractivity contribution in [1.29, 1.82) is 0 Å². The molecule has 1 aromatic carbocycles. The number of aromatic nitrogens is 1. The first-order valence-electron chi connectivity index (χ1n) is 11.3. The molecule has 3 heterocycles. The predicted octanol–water partition coefficient (Wildman–Crippen LogP) is 2.49. The van der Waals surface area contributed by atoms with Crippen LogP contribution in [0, 0.1) is 0 Å². The van der Waals surface area contributed by atoms with E-state index < -0.39 is 0 Å². The van der Waals surface area contributed by atoms with Crippen LogP contribution >= 0.6 is 0 Å². The van der Waals surface area contributed by atoms with Gasteiger partial charge in [-0.2, -0.15) is 0 Å². The Morgan fingerprint density at radius 3 is 2.61 bits per heavy atom. The molecule has 2 aromatic rings. The Bertz CT molecular complexity index is 892. The molecule has 164 valence electrons. The summed E-state index contributed by atoms with van der Waals surface area (Å²) in [6, 6.07) is 14.5. The summed E-state index contributed by atoms with van der Waals surface area (Å²) in [5.74, 6) is 2.27. The number of carbonyl (C=O) groups is 1. The second kappa shape index (κ2) is 10.3. The minimum Gasteiger partial charge on any atom is -0.357 e. The van der Waals surface area contributed by atoms with E-state index in [4.69, 9.17) is 4.99 Å². The second-order valence-corrected chi connectivity index (χ2v) is 8.07. The van der Waals surface area contributed by atoms with Gasteiger partial charge >= 0.3 is 0 Å². The second-order valence-electron chi connectivity index (χ2n) is 8.07. The molecule has 0 saturated carbocycles. The minimum absolute atomic E-state index is 0.266. The Hall–Kier alpha value is -3.09. The third kappa shape index (κ3) is 5.54. The number of pyridine rings is 1. The molecular weight excluding hydrogens is 388 g/mol. The van der Waals surface area contributed by atoms with Gasteiger partial charge in [0.15, 0.2) is 5.96 Å². The Labute approximate surface area is 184 Å². The smallest absolute Gasteiger partial charge is 0.222 e. The van der Waals surface area contributed by atoms with Crippen LogP contribution in [0.15, 0.2) is 53.7 Å². The molecule has 2 aliphatic rings. The number of hydrogen-bond acceptors (Lipinski definition) is 4. The van der Waals surface area contributed by atoms with Gasteiger partial charge in [0.25, 0.3) is 0 Å². The van der Waals surface area contributed by atoms with Crippen molar-refractivity contribution >= 4 is 17.7 Å². The number of likely N-dealkylation sites (tertiary alicyclic amines) is 1. The topological polar surface area (TPSA) is 64.1 Å². The van der Waals surface area contributed by atoms with Gasteiger partial charge < -0.3 is 20.0 Å². The maximum atomic E-state index is 11.9. The van der Waals surface area contributed by atoms with Gasteiger partial charge in [-0.1, -0.05) is 30.3 Å². The number of amides is 1. The molecule has 4 rings (SSSR count). The molecule has 0 unspecified atom stereocenters. The number of guanidine groups is 1. The quantitative estimate of drug-likeness (QED) is 0.575. The van der Waals surface area contributed by atoms with Crippen LogP contribution in [0.3, 0.4) is 0 Å². The van der Waals surface area contributed by atoms with E-state index in [1.54, 1.807) is 0 Å². The zero-order valence-corrected chi connectivity index (χ0v) is 18.3. The van der Waals surface area contributed by atoms with Gasteiger partial charge in [0.2, 0.25) is 5.91 Å². The van der Waals surface area contributed by atoms with Crippen LogP contribution in [-0.4, -0.2) is 65.9 Å². The van der Waals surface area contributed by atoms with E-state index in [2.05, 4.69) is 57.4 Å². The lowest BCUT2D eigenvalue weighted by atomic mass is 10.1. The average molecular weight is 421 g/mol. The predicted molar refractivity (Wildman–Crippen MR) is 124 cm³/mol. The summed E-state index contributed by atoms with van der Waals surface area (Å²) < 4.78 is 0. The number of aliphatic imine (C=N–C) groups is 1. The SMILES string of the molecule is CCNC(=NCc1cccc(CN2CCCC2=O)c1)N1CCN(c2ccccn2)CC1. The summed E-state index contributed by atoms with van der Waals surface area (Å²) in [4.78, 5) is 27.9. The number of hydrogen-bond donors (Lipinski definition) is 1. The number of benzene rings is 1. The zero-order valence-electron chi connectivity index (χ0n) is 18.3. The summed E-state index contributed by atoms with van der Waals surface area (Å²) in [5.41, 5.74) is 2.35. The fourth-order valence-electron chi connectivity index (χ4n) is 4.20. The molecule has 1 N–H and O–H groups in total. The van der Waals surface area contributed by atoms with E-state index in [1.165, 1.54) is 11.1 Å². The number of anilines is 1. The van der Waals surface area contributed by atoms with E-state index in [1.807, 2.05) is 23.2 Å². The van der Waals surface area contributed by atoms with Crippen LogP contribution in [0.25, 0.3) is 0 Å². The molecule has 0 spiro atoms. The standard InChI is InChI=1S/C24H32N6O/c1-2-25-24(29-15-13-28(14-16-29)22-9-3-4-11-26-22)27-18-20-7-5-8-21(17-20)19-30-12-6-10-23(30)31/h3-5,7-9,11,17H,2,6,10,12-16,18-19H2,1H3,(H,25,27). The lowest BCUT2D eigenvalue weighted by Crippen LogP contribution is -2.52. The minimum atomic E-state index is 0.266. The van der Waals surface area contributed by atoms with E-state index in [9.17, 15) is 4.79 Å². The number of nitrogens with zero attached hydrogens (tertiary/aromatic N) is 5. The molecule has 0 radical (unpaired) electrons. The molecule has 1 aromatic heterocycles. The highest BCUT2D eigenvalue weighted by Gasteiger charge is 2.21. The number of rotatable bonds is 6. The maximum absolute atomic E-state index is 11.9. The Morgan fingerprint density at radius 1 is 1.06 bits per heavy atom. The highest BCUT2D eigenvalue weighted by Crippen LogP contribution is 2.16. The van der Waals surface area contributed by atoms with E-state index in [-0.39, 0.29) is 5.91 Å². The van der Waals surface area contributed by atoms with Crippen molar-refractivity contribution in [3.63, 3.8) is 0 Å². The van der Waals surface area contributed by atoms with E-state index >= 15 is 0 Å². The normalized spacial score (nSPS) is 17.4. The van der Waals surface area contributed by atoms with Gasteiger partial charge in [-0.05, 0) is 36.6 Å². The molecule has 0 aliphatic carbocycles. The van der Waals surface area contributed by atoms with Gasteiger partial charge in [-0.3, -0.25) is 4.79 Å². The Balaban J connectivity index is 1.37. The van der Waals surface area contributed by atoms with Gasteiger partial charge in [-0.25, -0.2) is 9.98 Å². The Kier molecular flexibility index (Phi) is 7.02. The molecular formula is C24H32N6O. The van der Waals surface area contributed by atoms with Crippen LogP contribution in [0.2, 0.25) is 0 Å². The third-order valence-corrected chi connectivity index (χ3v) is 5.83. The highest BCUT2D eigenvalue weighted by molar-refractivity contribution is 5.80. The maximum Gasteiger partial charge on any atom is 0.222 e. The molecule has 2 fully saturated rings. The van der Waals surface area contributed by atoms with Crippen molar-refractivity contribution < 1.29 is 4.79 Å². The van der Waals surface area contributed by atoms with Gasteiger partial charge in [0.05, 0.1) is 6.54 Å². The first-order valence-corrected chi connectivity index (χ1v) is 11.3. The van der Waals surface area contributed by atoms with Gasteiger partial charge in [-0.15, -0.1) is 0 Å². The zero-order chi connectivity index (χ0) is 21.5. The fourth-order valence-corrected chi connectivity index (χ4v) is 4.20. The van der Waals surface area contributed by atoms with E-state index in [0.717, 1.165) is 57.5 Å². The van der Waals surface area contributed by atoms with E-state index in [0.29, 0.717) is 19.5 Å². The van der Waals surface area contributed by atoms with Crippen molar-refractivity contribution in [3.8, 4) is 0 Å². The molecule has 0 atom stereocenters. The fraction of sp³-hybridized carbons (Fsp3) is 0.458. The summed E-state index contributed by atoms with van der Waals surface area (Å²) in [7, 11) is 0. The monoisotopic (exact) mass is 420 g/mol. The average Bonchev–Trinajstić information content (AvgIpc) is 3.22. The van der Waals surface area contributed by atoms with Gasteiger partial charge in [0, 0.05) is 58.4 Å². The van der Waals surface area contributed by atoms with Crippen LogP contribution < -0.4 is 10.2 Å². The van der Waals surface area contributed by atoms with Crippen molar-refractivity contribution in [2.75, 3.05) is 44.2 Å². The molecule has 7 nitrogen and oxygen atoms in total. The lowest BCUT2D eigenvalue weighted by molar-refractivity contribution is -0.128. The number of nitrogens with one attached hydrogen (secondary N) is 1. The Morgan fingerprint density at radius 2 is 1.90 bits per heavy atom. The van der Waals surface area contributed by atoms with Crippen LogP contribution in [0.5, 0.6) is 0 Å². The largest absolute Gasteiger partial charge is 0.357 e. The van der Waals surface area contributed by atoms with Crippen LogP contribution in [0.4, 0.5) is 5.82 Å². The molecule has 1 amide bonds. The number of piperazine rings is 1.